The molecule has 0 saturated heterocycles. The van der Waals surface area contributed by atoms with Crippen LogP contribution in [0.15, 0.2) is 53.4 Å². The Hall–Kier alpha value is -1.93. The van der Waals surface area contributed by atoms with Crippen LogP contribution in [0.2, 0.25) is 5.02 Å². The molecule has 6 nitrogen and oxygen atoms in total. The van der Waals surface area contributed by atoms with E-state index in [1.165, 1.54) is 26.2 Å². The summed E-state index contributed by atoms with van der Waals surface area (Å²) in [7, 11) is 3.30. The van der Waals surface area contributed by atoms with Crippen LogP contribution >= 0.6 is 11.6 Å². The molecule has 0 aliphatic rings. The van der Waals surface area contributed by atoms with Crippen LogP contribution in [-0.2, 0) is 10.0 Å². The third kappa shape index (κ3) is 5.07. The van der Waals surface area contributed by atoms with Gasteiger partial charge >= 0.3 is 0 Å². The molecule has 0 heterocycles. The van der Waals surface area contributed by atoms with Crippen molar-refractivity contribution in [2.75, 3.05) is 34.7 Å². The highest BCUT2D eigenvalue weighted by Crippen LogP contribution is 2.20. The van der Waals surface area contributed by atoms with Crippen molar-refractivity contribution in [3.8, 4) is 0 Å². The number of hydrogen-bond acceptors (Lipinski definition) is 3. The largest absolute Gasteiger partial charge is 0.346 e. The fourth-order valence-electron chi connectivity index (χ4n) is 2.69. The molecule has 2 aromatic rings. The Bertz CT molecular complexity index is 914. The summed E-state index contributed by atoms with van der Waals surface area (Å²) >= 11 is 6.30. The highest BCUT2D eigenvalue weighted by atomic mass is 35.5. The van der Waals surface area contributed by atoms with E-state index in [1.54, 1.807) is 12.1 Å². The summed E-state index contributed by atoms with van der Waals surface area (Å²) in [6.07, 6.45) is 0. The average Bonchev–Trinajstić information content (AvgIpc) is 2.62. The Labute approximate surface area is 165 Å². The van der Waals surface area contributed by atoms with Gasteiger partial charge in [-0.1, -0.05) is 35.9 Å². The number of hydrogen-bond donors (Lipinski definition) is 2. The zero-order valence-electron chi connectivity index (χ0n) is 15.9. The standard InChI is InChI=1S/C19H24ClN3O3S/c1-22(2)18(16-10-5-6-11-17(16)20)13-21-19(24)14-8-7-9-15(12-14)27(25,26)23(3)4/h5-12,18H,13H2,1-4H3,(H,21,24)/p+1/t18-/m1/s1. The number of nitrogens with zero attached hydrogens (tertiary/aromatic N) is 1. The first kappa shape index (κ1) is 21.4. The molecule has 0 aromatic heterocycles. The summed E-state index contributed by atoms with van der Waals surface area (Å²) in [6, 6.07) is 13.5. The Morgan fingerprint density at radius 3 is 2.41 bits per heavy atom. The van der Waals surface area contributed by atoms with Crippen molar-refractivity contribution in [1.82, 2.24) is 9.62 Å². The van der Waals surface area contributed by atoms with Crippen LogP contribution in [-0.4, -0.2) is 53.4 Å². The number of likely N-dealkylation sites (N-methyl/N-ethyl adjacent to an activating group) is 1. The maximum Gasteiger partial charge on any atom is 0.251 e. The molecule has 0 aliphatic carbocycles. The normalized spacial score (nSPS) is 13.0. The van der Waals surface area contributed by atoms with Crippen LogP contribution in [0.25, 0.3) is 0 Å². The van der Waals surface area contributed by atoms with Gasteiger partial charge in [-0.3, -0.25) is 4.79 Å². The lowest BCUT2D eigenvalue weighted by Gasteiger charge is -2.23. The van der Waals surface area contributed by atoms with Crippen molar-refractivity contribution < 1.29 is 18.1 Å². The van der Waals surface area contributed by atoms with Crippen molar-refractivity contribution >= 4 is 27.5 Å². The van der Waals surface area contributed by atoms with Crippen LogP contribution < -0.4 is 10.2 Å². The molecule has 2 N–H and O–H groups in total. The fraction of sp³-hybridized carbons (Fsp3) is 0.316. The lowest BCUT2D eigenvalue weighted by Crippen LogP contribution is -3.07. The molecule has 0 fully saturated rings. The highest BCUT2D eigenvalue weighted by Gasteiger charge is 2.22. The van der Waals surface area contributed by atoms with Gasteiger partial charge in [0.1, 0.15) is 6.04 Å². The van der Waals surface area contributed by atoms with Gasteiger partial charge in [0.25, 0.3) is 5.91 Å². The van der Waals surface area contributed by atoms with E-state index in [1.807, 2.05) is 38.4 Å². The smallest absolute Gasteiger partial charge is 0.251 e. The van der Waals surface area contributed by atoms with Crippen LogP contribution in [0, 0.1) is 0 Å². The molecule has 0 aliphatic heterocycles. The zero-order valence-corrected chi connectivity index (χ0v) is 17.4. The van der Waals surface area contributed by atoms with Gasteiger partial charge in [-0.05, 0) is 24.3 Å². The van der Waals surface area contributed by atoms with Crippen LogP contribution in [0.4, 0.5) is 0 Å². The first-order valence-corrected chi connectivity index (χ1v) is 10.3. The molecule has 0 saturated carbocycles. The zero-order chi connectivity index (χ0) is 20.2. The van der Waals surface area contributed by atoms with Gasteiger partial charge in [0, 0.05) is 30.2 Å². The monoisotopic (exact) mass is 410 g/mol. The first-order chi connectivity index (χ1) is 12.6. The van der Waals surface area contributed by atoms with E-state index in [-0.39, 0.29) is 16.8 Å². The Morgan fingerprint density at radius 2 is 1.81 bits per heavy atom. The second kappa shape index (κ2) is 8.84. The Kier molecular flexibility index (Phi) is 7.00. The van der Waals surface area contributed by atoms with Crippen molar-refractivity contribution in [3.05, 3.63) is 64.7 Å². The number of benzene rings is 2. The number of nitrogens with one attached hydrogen (secondary N) is 2. The Morgan fingerprint density at radius 1 is 1.15 bits per heavy atom. The predicted molar refractivity (Wildman–Crippen MR) is 107 cm³/mol. The number of carbonyl (C=O) groups excluding carboxylic acids is 1. The predicted octanol–water partition coefficient (Wildman–Crippen LogP) is 1.21. The number of quaternary nitrogens is 1. The molecule has 2 rings (SSSR count). The van der Waals surface area contributed by atoms with Gasteiger partial charge in [-0.25, -0.2) is 12.7 Å². The quantitative estimate of drug-likeness (QED) is 0.720. The number of amides is 1. The lowest BCUT2D eigenvalue weighted by atomic mass is 10.1. The molecular weight excluding hydrogens is 386 g/mol. The molecule has 27 heavy (non-hydrogen) atoms. The molecule has 0 bridgehead atoms. The van der Waals surface area contributed by atoms with Crippen LogP contribution in [0.5, 0.6) is 0 Å². The van der Waals surface area contributed by atoms with Gasteiger partial charge in [0.2, 0.25) is 10.0 Å². The topological polar surface area (TPSA) is 70.9 Å². The SMILES string of the molecule is CN(C)S(=O)(=O)c1cccc(C(=O)NC[C@H](c2ccccc2Cl)[NH+](C)C)c1. The van der Waals surface area contributed by atoms with E-state index in [4.69, 9.17) is 11.6 Å². The van der Waals surface area contributed by atoms with E-state index in [0.29, 0.717) is 17.1 Å². The molecule has 0 radical (unpaired) electrons. The molecule has 0 spiro atoms. The number of halogens is 1. The van der Waals surface area contributed by atoms with E-state index in [0.717, 1.165) is 14.8 Å². The minimum Gasteiger partial charge on any atom is -0.346 e. The molecule has 1 atom stereocenters. The summed E-state index contributed by atoms with van der Waals surface area (Å²) in [6.45, 7) is 0.371. The summed E-state index contributed by atoms with van der Waals surface area (Å²) < 4.78 is 25.6. The second-order valence-corrected chi connectivity index (χ2v) is 9.24. The first-order valence-electron chi connectivity index (χ1n) is 8.50. The van der Waals surface area contributed by atoms with E-state index in [9.17, 15) is 13.2 Å². The third-order valence-corrected chi connectivity index (χ3v) is 6.47. The van der Waals surface area contributed by atoms with Crippen molar-refractivity contribution in [2.45, 2.75) is 10.9 Å². The van der Waals surface area contributed by atoms with Gasteiger partial charge in [-0.15, -0.1) is 0 Å². The van der Waals surface area contributed by atoms with Gasteiger partial charge in [-0.2, -0.15) is 0 Å². The minimum atomic E-state index is -3.59. The fourth-order valence-corrected chi connectivity index (χ4v) is 3.90. The van der Waals surface area contributed by atoms with Crippen LogP contribution in [0.3, 0.4) is 0 Å². The number of rotatable bonds is 7. The molecule has 2 aromatic carbocycles. The third-order valence-electron chi connectivity index (χ3n) is 4.32. The molecule has 0 unspecified atom stereocenters. The summed E-state index contributed by atoms with van der Waals surface area (Å²) in [5, 5.41) is 3.54. The van der Waals surface area contributed by atoms with E-state index in [2.05, 4.69) is 5.32 Å². The van der Waals surface area contributed by atoms with E-state index < -0.39 is 10.0 Å². The average molecular weight is 411 g/mol. The van der Waals surface area contributed by atoms with Gasteiger partial charge in [0.05, 0.1) is 25.5 Å². The number of carbonyl (C=O) groups is 1. The van der Waals surface area contributed by atoms with Crippen molar-refractivity contribution in [2.24, 2.45) is 0 Å². The van der Waals surface area contributed by atoms with E-state index >= 15 is 0 Å². The van der Waals surface area contributed by atoms with Crippen molar-refractivity contribution in [1.29, 1.82) is 0 Å². The number of sulfonamides is 1. The van der Waals surface area contributed by atoms with Gasteiger partial charge < -0.3 is 10.2 Å². The Balaban J connectivity index is 2.19. The maximum absolute atomic E-state index is 12.6. The summed E-state index contributed by atoms with van der Waals surface area (Å²) in [5.74, 6) is -0.330. The minimum absolute atomic E-state index is 0.0312. The summed E-state index contributed by atoms with van der Waals surface area (Å²) in [4.78, 5) is 13.8. The van der Waals surface area contributed by atoms with Crippen LogP contribution in [0.1, 0.15) is 22.0 Å². The highest BCUT2D eigenvalue weighted by molar-refractivity contribution is 7.89. The lowest BCUT2D eigenvalue weighted by molar-refractivity contribution is -0.890. The molecule has 1 amide bonds. The van der Waals surface area contributed by atoms with Crippen molar-refractivity contribution in [3.63, 3.8) is 0 Å². The second-order valence-electron chi connectivity index (χ2n) is 6.68. The molecule has 8 heteroatoms. The summed E-state index contributed by atoms with van der Waals surface area (Å²) in [5.41, 5.74) is 1.24. The molecular formula is C19H25ClN3O3S+. The van der Waals surface area contributed by atoms with Gasteiger partial charge in [0.15, 0.2) is 0 Å². The molecule has 146 valence electrons. The maximum atomic E-state index is 12.6.